The third kappa shape index (κ3) is 4.90. The fourth-order valence-corrected chi connectivity index (χ4v) is 4.09. The van der Waals surface area contributed by atoms with E-state index < -0.39 is 17.9 Å². The van der Waals surface area contributed by atoms with Crippen LogP contribution in [0.5, 0.6) is 0 Å². The Hall–Kier alpha value is -2.41. The summed E-state index contributed by atoms with van der Waals surface area (Å²) in [5, 5.41) is 12.5. The molecule has 2 unspecified atom stereocenters. The smallest absolute Gasteiger partial charge is 0.308 e. The molecule has 2 aliphatic heterocycles. The molecular weight excluding hydrogens is 360 g/mol. The van der Waals surface area contributed by atoms with Gasteiger partial charge in [-0.05, 0) is 37.2 Å². The van der Waals surface area contributed by atoms with Crippen LogP contribution in [0, 0.1) is 11.8 Å². The van der Waals surface area contributed by atoms with Gasteiger partial charge in [0.25, 0.3) is 0 Å². The first-order chi connectivity index (χ1) is 13.6. The molecular formula is C21H28N2O5. The van der Waals surface area contributed by atoms with Gasteiger partial charge >= 0.3 is 5.97 Å². The van der Waals surface area contributed by atoms with Crippen LogP contribution in [0.25, 0.3) is 0 Å². The van der Waals surface area contributed by atoms with Crippen LogP contribution in [0.3, 0.4) is 0 Å². The van der Waals surface area contributed by atoms with E-state index in [1.165, 1.54) is 0 Å². The molecule has 1 aromatic rings. The number of carbonyl (C=O) groups is 3. The lowest BCUT2D eigenvalue weighted by Gasteiger charge is -2.34. The van der Waals surface area contributed by atoms with E-state index in [9.17, 15) is 19.5 Å². The maximum absolute atomic E-state index is 13.1. The van der Waals surface area contributed by atoms with E-state index in [0.717, 1.165) is 18.4 Å². The first-order valence-corrected chi connectivity index (χ1v) is 10.0. The fourth-order valence-electron chi connectivity index (χ4n) is 4.09. The normalized spacial score (nSPS) is 20.4. The van der Waals surface area contributed by atoms with Gasteiger partial charge in [0, 0.05) is 32.7 Å². The molecule has 0 radical (unpaired) electrons. The number of nitrogens with zero attached hydrogens (tertiary/aromatic N) is 1. The summed E-state index contributed by atoms with van der Waals surface area (Å²) in [7, 11) is 0. The molecule has 28 heavy (non-hydrogen) atoms. The van der Waals surface area contributed by atoms with Crippen LogP contribution in [0.2, 0.25) is 0 Å². The number of benzene rings is 1. The topological polar surface area (TPSA) is 95.9 Å². The highest BCUT2D eigenvalue weighted by atomic mass is 16.5. The number of amides is 2. The van der Waals surface area contributed by atoms with Gasteiger partial charge in [-0.3, -0.25) is 14.4 Å². The van der Waals surface area contributed by atoms with Crippen molar-refractivity contribution in [3.63, 3.8) is 0 Å². The predicted octanol–water partition coefficient (Wildman–Crippen LogP) is 1.98. The molecule has 0 bridgehead atoms. The van der Waals surface area contributed by atoms with Crippen molar-refractivity contribution in [1.82, 2.24) is 10.2 Å². The maximum atomic E-state index is 13.1. The molecule has 2 N–H and O–H groups in total. The summed E-state index contributed by atoms with van der Waals surface area (Å²) < 4.78 is 5.32. The lowest BCUT2D eigenvalue weighted by atomic mass is 9.86. The Labute approximate surface area is 165 Å². The van der Waals surface area contributed by atoms with Crippen LogP contribution in [-0.4, -0.2) is 54.1 Å². The summed E-state index contributed by atoms with van der Waals surface area (Å²) in [4.78, 5) is 38.9. The van der Waals surface area contributed by atoms with Crippen molar-refractivity contribution < 1.29 is 24.2 Å². The Morgan fingerprint density at radius 2 is 1.89 bits per heavy atom. The van der Waals surface area contributed by atoms with E-state index in [1.807, 2.05) is 30.3 Å². The van der Waals surface area contributed by atoms with E-state index in [1.54, 1.807) is 4.90 Å². The predicted molar refractivity (Wildman–Crippen MR) is 102 cm³/mol. The Kier molecular flexibility index (Phi) is 7.03. The number of ether oxygens (including phenoxy) is 1. The van der Waals surface area contributed by atoms with Crippen molar-refractivity contribution in [2.24, 2.45) is 11.8 Å². The summed E-state index contributed by atoms with van der Waals surface area (Å²) in [6.45, 7) is 1.70. The van der Waals surface area contributed by atoms with Gasteiger partial charge in [0.1, 0.15) is 6.04 Å². The molecule has 7 nitrogen and oxygen atoms in total. The van der Waals surface area contributed by atoms with E-state index in [2.05, 4.69) is 5.32 Å². The van der Waals surface area contributed by atoms with Gasteiger partial charge < -0.3 is 20.1 Å². The molecule has 2 amide bonds. The number of aliphatic carboxylic acids is 1. The van der Waals surface area contributed by atoms with Crippen molar-refractivity contribution in [2.75, 3.05) is 26.3 Å². The minimum absolute atomic E-state index is 0.0154. The van der Waals surface area contributed by atoms with Crippen LogP contribution < -0.4 is 5.32 Å². The minimum atomic E-state index is -0.905. The molecule has 2 saturated heterocycles. The van der Waals surface area contributed by atoms with Crippen molar-refractivity contribution in [3.8, 4) is 0 Å². The molecule has 7 heteroatoms. The van der Waals surface area contributed by atoms with Gasteiger partial charge in [-0.1, -0.05) is 30.3 Å². The van der Waals surface area contributed by atoms with Crippen molar-refractivity contribution in [3.05, 3.63) is 35.9 Å². The number of likely N-dealkylation sites (tertiary alicyclic amines) is 1. The SMILES string of the molecule is O=C(O)C(CNC(=O)C(c1ccccc1)N1CCCCC1=O)C1CCOCC1. The number of carboxylic acids is 1. The van der Waals surface area contributed by atoms with E-state index in [4.69, 9.17) is 4.74 Å². The van der Waals surface area contributed by atoms with Crippen LogP contribution >= 0.6 is 0 Å². The van der Waals surface area contributed by atoms with Crippen LogP contribution in [0.15, 0.2) is 30.3 Å². The molecule has 152 valence electrons. The van der Waals surface area contributed by atoms with Gasteiger partial charge in [-0.2, -0.15) is 0 Å². The van der Waals surface area contributed by atoms with Gasteiger partial charge in [0.15, 0.2) is 0 Å². The fraction of sp³-hybridized carbons (Fsp3) is 0.571. The third-order valence-corrected chi connectivity index (χ3v) is 5.68. The van der Waals surface area contributed by atoms with Crippen molar-refractivity contribution in [2.45, 2.75) is 38.1 Å². The maximum Gasteiger partial charge on any atom is 0.308 e. The molecule has 0 aliphatic carbocycles. The molecule has 0 aromatic heterocycles. The number of rotatable bonds is 7. The minimum Gasteiger partial charge on any atom is -0.481 e. The molecule has 2 atom stereocenters. The van der Waals surface area contributed by atoms with Crippen LogP contribution in [0.4, 0.5) is 0 Å². The molecule has 0 saturated carbocycles. The van der Waals surface area contributed by atoms with Crippen LogP contribution in [0.1, 0.15) is 43.7 Å². The van der Waals surface area contributed by atoms with Gasteiger partial charge in [-0.25, -0.2) is 0 Å². The zero-order chi connectivity index (χ0) is 19.9. The number of hydrogen-bond donors (Lipinski definition) is 2. The number of carbonyl (C=O) groups excluding carboxylic acids is 2. The molecule has 1 aromatic carbocycles. The average Bonchev–Trinajstić information content (AvgIpc) is 2.71. The lowest BCUT2D eigenvalue weighted by Crippen LogP contribution is -2.47. The first kappa shape index (κ1) is 20.3. The second-order valence-electron chi connectivity index (χ2n) is 7.50. The zero-order valence-electron chi connectivity index (χ0n) is 16.0. The summed E-state index contributed by atoms with van der Waals surface area (Å²) in [5.74, 6) is -1.92. The molecule has 2 heterocycles. The highest BCUT2D eigenvalue weighted by Gasteiger charge is 2.35. The highest BCUT2D eigenvalue weighted by molar-refractivity contribution is 5.89. The summed E-state index contributed by atoms with van der Waals surface area (Å²) >= 11 is 0. The van der Waals surface area contributed by atoms with Gasteiger partial charge in [0.2, 0.25) is 11.8 Å². The summed E-state index contributed by atoms with van der Waals surface area (Å²) in [6, 6.07) is 8.48. The molecule has 2 fully saturated rings. The summed E-state index contributed by atoms with van der Waals surface area (Å²) in [5.41, 5.74) is 0.744. The summed E-state index contributed by atoms with van der Waals surface area (Å²) in [6.07, 6.45) is 3.50. The Balaban J connectivity index is 1.73. The highest BCUT2D eigenvalue weighted by Crippen LogP contribution is 2.27. The number of piperidine rings is 1. The second kappa shape index (κ2) is 9.68. The molecule has 2 aliphatic rings. The monoisotopic (exact) mass is 388 g/mol. The Morgan fingerprint density at radius 3 is 2.54 bits per heavy atom. The van der Waals surface area contributed by atoms with Crippen LogP contribution in [-0.2, 0) is 19.1 Å². The van der Waals surface area contributed by atoms with Crippen molar-refractivity contribution in [1.29, 1.82) is 0 Å². The molecule has 3 rings (SSSR count). The van der Waals surface area contributed by atoms with Gasteiger partial charge in [0.05, 0.1) is 5.92 Å². The van der Waals surface area contributed by atoms with Crippen molar-refractivity contribution >= 4 is 17.8 Å². The molecule has 0 spiro atoms. The van der Waals surface area contributed by atoms with Gasteiger partial charge in [-0.15, -0.1) is 0 Å². The van der Waals surface area contributed by atoms with E-state index >= 15 is 0 Å². The third-order valence-electron chi connectivity index (χ3n) is 5.68. The largest absolute Gasteiger partial charge is 0.481 e. The first-order valence-electron chi connectivity index (χ1n) is 10.0. The lowest BCUT2D eigenvalue weighted by molar-refractivity contribution is -0.146. The number of carboxylic acid groups (broad SMARTS) is 1. The Morgan fingerprint density at radius 1 is 1.18 bits per heavy atom. The zero-order valence-corrected chi connectivity index (χ0v) is 16.0. The average molecular weight is 388 g/mol. The second-order valence-corrected chi connectivity index (χ2v) is 7.50. The standard InChI is InChI=1S/C21H28N2O5/c24-18-8-4-5-11-23(18)19(16-6-2-1-3-7-16)20(25)22-14-17(21(26)27)15-9-12-28-13-10-15/h1-3,6-7,15,17,19H,4-5,8-14H2,(H,22,25)(H,26,27). The quantitative estimate of drug-likeness (QED) is 0.745. The number of nitrogens with one attached hydrogen (secondary N) is 1. The number of hydrogen-bond acceptors (Lipinski definition) is 4. The van der Waals surface area contributed by atoms with E-state index in [-0.39, 0.29) is 24.3 Å². The Bertz CT molecular complexity index is 687. The van der Waals surface area contributed by atoms with E-state index in [0.29, 0.717) is 39.0 Å².